The van der Waals surface area contributed by atoms with Crippen LogP contribution in [0.3, 0.4) is 0 Å². The van der Waals surface area contributed by atoms with Crippen LogP contribution in [-0.4, -0.2) is 45.9 Å². The summed E-state index contributed by atoms with van der Waals surface area (Å²) in [5.74, 6) is 2.06. The molecule has 4 aromatic rings. The maximum absolute atomic E-state index is 13.1. The molecular formula is C27H27N5O2. The number of aryl methyl sites for hydroxylation is 1. The number of pyridine rings is 2. The van der Waals surface area contributed by atoms with Gasteiger partial charge in [-0.2, -0.15) is 0 Å². The second kappa shape index (κ2) is 9.17. The van der Waals surface area contributed by atoms with Gasteiger partial charge >= 0.3 is 0 Å². The lowest BCUT2D eigenvalue weighted by Gasteiger charge is -2.27. The van der Waals surface area contributed by atoms with Crippen molar-refractivity contribution >= 4 is 22.4 Å². The highest BCUT2D eigenvalue weighted by atomic mass is 16.5. The van der Waals surface area contributed by atoms with Gasteiger partial charge in [0.2, 0.25) is 5.88 Å². The van der Waals surface area contributed by atoms with Gasteiger partial charge in [0.1, 0.15) is 11.5 Å². The van der Waals surface area contributed by atoms with Crippen molar-refractivity contribution < 1.29 is 9.53 Å². The van der Waals surface area contributed by atoms with Crippen molar-refractivity contribution in [2.45, 2.75) is 38.6 Å². The van der Waals surface area contributed by atoms with E-state index in [2.05, 4.69) is 16.0 Å². The van der Waals surface area contributed by atoms with E-state index in [0.29, 0.717) is 18.1 Å². The van der Waals surface area contributed by atoms with Gasteiger partial charge in [-0.3, -0.25) is 9.78 Å². The van der Waals surface area contributed by atoms with Crippen molar-refractivity contribution in [3.05, 3.63) is 71.7 Å². The third kappa shape index (κ3) is 4.21. The lowest BCUT2D eigenvalue weighted by atomic mass is 10.0. The van der Waals surface area contributed by atoms with Crippen molar-refractivity contribution in [1.29, 1.82) is 0 Å². The van der Waals surface area contributed by atoms with E-state index in [1.54, 1.807) is 19.4 Å². The van der Waals surface area contributed by atoms with Gasteiger partial charge in [-0.05, 0) is 43.2 Å². The summed E-state index contributed by atoms with van der Waals surface area (Å²) in [6.07, 6.45) is 6.73. The maximum Gasteiger partial charge on any atom is 0.212 e. The first-order chi connectivity index (χ1) is 16.5. The molecule has 0 unspecified atom stereocenters. The van der Waals surface area contributed by atoms with E-state index in [1.807, 2.05) is 55.4 Å². The quantitative estimate of drug-likeness (QED) is 0.414. The number of hydrogen-bond donors (Lipinski definition) is 0. The molecule has 1 aromatic carbocycles. The van der Waals surface area contributed by atoms with Crippen LogP contribution in [-0.2, 0) is 24.1 Å². The Labute approximate surface area is 198 Å². The average Bonchev–Trinajstić information content (AvgIpc) is 3.36. The van der Waals surface area contributed by atoms with E-state index in [4.69, 9.17) is 14.7 Å². The van der Waals surface area contributed by atoms with Crippen molar-refractivity contribution in [3.8, 4) is 17.4 Å². The fourth-order valence-corrected chi connectivity index (χ4v) is 4.41. The maximum atomic E-state index is 13.1. The van der Waals surface area contributed by atoms with Crippen LogP contribution in [0.2, 0.25) is 0 Å². The Kier molecular flexibility index (Phi) is 5.92. The predicted molar refractivity (Wildman–Crippen MR) is 132 cm³/mol. The summed E-state index contributed by atoms with van der Waals surface area (Å²) in [7, 11) is 3.51. The summed E-state index contributed by atoms with van der Waals surface area (Å²) < 4.78 is 5.11. The van der Waals surface area contributed by atoms with Crippen LogP contribution < -0.4 is 9.64 Å². The zero-order valence-electron chi connectivity index (χ0n) is 19.7. The summed E-state index contributed by atoms with van der Waals surface area (Å²) in [5, 5.41) is 2.18. The Morgan fingerprint density at radius 1 is 1.06 bits per heavy atom. The Morgan fingerprint density at radius 3 is 2.65 bits per heavy atom. The van der Waals surface area contributed by atoms with Crippen molar-refractivity contribution in [2.75, 3.05) is 19.1 Å². The molecule has 1 aliphatic carbocycles. The number of aromatic nitrogens is 4. The first-order valence-corrected chi connectivity index (χ1v) is 11.5. The van der Waals surface area contributed by atoms with Gasteiger partial charge in [0, 0.05) is 48.6 Å². The number of hydrogen-bond acceptors (Lipinski definition) is 7. The van der Waals surface area contributed by atoms with Crippen molar-refractivity contribution in [1.82, 2.24) is 19.9 Å². The number of carbonyl (C=O) groups excluding carboxylic acids is 1. The minimum Gasteiger partial charge on any atom is -0.481 e. The molecule has 34 heavy (non-hydrogen) atoms. The molecule has 0 aliphatic heterocycles. The minimum absolute atomic E-state index is 0.102. The number of fused-ring (bicyclic) bond motifs is 2. The average molecular weight is 454 g/mol. The number of anilines is 1. The second-order valence-corrected chi connectivity index (χ2v) is 8.71. The number of ketones is 1. The molecule has 0 saturated heterocycles. The van der Waals surface area contributed by atoms with Crippen LogP contribution in [0, 0.1) is 0 Å². The highest BCUT2D eigenvalue weighted by molar-refractivity contribution is 5.89. The molecule has 7 nitrogen and oxygen atoms in total. The fraction of sp³-hybridized carbons (Fsp3) is 0.296. The van der Waals surface area contributed by atoms with Crippen molar-refractivity contribution in [2.24, 2.45) is 0 Å². The summed E-state index contributed by atoms with van der Waals surface area (Å²) >= 11 is 0. The molecule has 5 rings (SSSR count). The molecule has 0 amide bonds. The number of likely N-dealkylation sites (N-methyl/N-ethyl adjacent to an activating group) is 1. The van der Waals surface area contributed by atoms with Crippen LogP contribution in [0.4, 0.5) is 5.82 Å². The summed E-state index contributed by atoms with van der Waals surface area (Å²) in [5.41, 5.74) is 3.80. The van der Waals surface area contributed by atoms with Crippen LogP contribution in [0.5, 0.6) is 5.88 Å². The molecule has 0 saturated carbocycles. The topological polar surface area (TPSA) is 81.1 Å². The number of methoxy groups -OCH3 is 1. The monoisotopic (exact) mass is 453 g/mol. The summed E-state index contributed by atoms with van der Waals surface area (Å²) in [6, 6.07) is 13.5. The molecule has 7 heteroatoms. The Morgan fingerprint density at radius 2 is 1.88 bits per heavy atom. The van der Waals surface area contributed by atoms with Gasteiger partial charge in [-0.15, -0.1) is 0 Å². The van der Waals surface area contributed by atoms with Crippen LogP contribution in [0.25, 0.3) is 22.3 Å². The minimum atomic E-state index is -0.348. The number of benzene rings is 1. The first kappa shape index (κ1) is 21.9. The number of carbonyl (C=O) groups is 1. The highest BCUT2D eigenvalue weighted by Gasteiger charge is 2.27. The lowest BCUT2D eigenvalue weighted by Crippen LogP contribution is -2.38. The largest absolute Gasteiger partial charge is 0.481 e. The SMILES string of the molecule is COc1ccc(CC(=O)[C@@H](C)N(C)c2nc(-c3cc4ccccc4cn3)nc3c2CCC3)cn1. The number of nitrogens with zero attached hydrogens (tertiary/aromatic N) is 5. The van der Waals surface area contributed by atoms with Gasteiger partial charge in [0.25, 0.3) is 0 Å². The molecule has 1 atom stereocenters. The Hall–Kier alpha value is -3.87. The first-order valence-electron chi connectivity index (χ1n) is 11.5. The van der Waals surface area contributed by atoms with Gasteiger partial charge in [-0.1, -0.05) is 30.3 Å². The number of ether oxygens (including phenoxy) is 1. The zero-order chi connectivity index (χ0) is 23.7. The van der Waals surface area contributed by atoms with E-state index in [-0.39, 0.29) is 11.8 Å². The Bertz CT molecular complexity index is 1350. The Balaban J connectivity index is 1.44. The summed E-state index contributed by atoms with van der Waals surface area (Å²) in [6.45, 7) is 1.93. The van der Waals surface area contributed by atoms with E-state index in [9.17, 15) is 4.79 Å². The predicted octanol–water partition coefficient (Wildman–Crippen LogP) is 4.22. The third-order valence-electron chi connectivity index (χ3n) is 6.54. The van der Waals surface area contributed by atoms with E-state index in [0.717, 1.165) is 58.4 Å². The molecule has 172 valence electrons. The zero-order valence-corrected chi connectivity index (χ0v) is 19.7. The number of Topliss-reactive ketones (excluding diaryl/α,β-unsaturated/α-hetero) is 1. The highest BCUT2D eigenvalue weighted by Crippen LogP contribution is 2.32. The molecule has 0 spiro atoms. The van der Waals surface area contributed by atoms with Crippen LogP contribution in [0.15, 0.2) is 54.9 Å². The van der Waals surface area contributed by atoms with Gasteiger partial charge in [-0.25, -0.2) is 15.0 Å². The van der Waals surface area contributed by atoms with Crippen LogP contribution >= 0.6 is 0 Å². The van der Waals surface area contributed by atoms with Crippen LogP contribution in [0.1, 0.15) is 30.2 Å². The molecule has 0 fully saturated rings. The molecular weight excluding hydrogens is 426 g/mol. The fourth-order valence-electron chi connectivity index (χ4n) is 4.41. The lowest BCUT2D eigenvalue weighted by molar-refractivity contribution is -0.119. The van der Waals surface area contributed by atoms with E-state index < -0.39 is 0 Å². The standard InChI is InChI=1S/C27H27N5O2/c1-17(24(33)13-18-11-12-25(34-3)29-15-18)32(2)27-21-9-6-10-22(21)30-26(31-27)23-14-19-7-4-5-8-20(19)16-28-23/h4-5,7-8,11-12,14-17H,6,9-10,13H2,1-3H3/t17-/m1/s1. The van der Waals surface area contributed by atoms with Gasteiger partial charge in [0.05, 0.1) is 13.2 Å². The van der Waals surface area contributed by atoms with E-state index in [1.165, 1.54) is 0 Å². The molecule has 1 aliphatic rings. The molecule has 0 N–H and O–H groups in total. The summed E-state index contributed by atoms with van der Waals surface area (Å²) in [4.78, 5) is 33.7. The van der Waals surface area contributed by atoms with E-state index >= 15 is 0 Å². The van der Waals surface area contributed by atoms with Crippen molar-refractivity contribution in [3.63, 3.8) is 0 Å². The molecule has 0 radical (unpaired) electrons. The van der Waals surface area contributed by atoms with Gasteiger partial charge < -0.3 is 9.64 Å². The normalized spacial score (nSPS) is 13.5. The second-order valence-electron chi connectivity index (χ2n) is 8.71. The molecule has 0 bridgehead atoms. The molecule has 3 aromatic heterocycles. The van der Waals surface area contributed by atoms with Gasteiger partial charge in [0.15, 0.2) is 11.6 Å². The smallest absolute Gasteiger partial charge is 0.212 e. The molecule has 3 heterocycles. The number of rotatable bonds is 7. The third-order valence-corrected chi connectivity index (χ3v) is 6.54.